The number of carbonyl (C=O) groups excluding carboxylic acids is 1. The molecule has 1 heterocycles. The smallest absolute Gasteiger partial charge is 0.131 e. The summed E-state index contributed by atoms with van der Waals surface area (Å²) in [7, 11) is 0. The van der Waals surface area contributed by atoms with Crippen LogP contribution in [0.4, 0.5) is 0 Å². The molecule has 0 aliphatic heterocycles. The van der Waals surface area contributed by atoms with Gasteiger partial charge in [0.25, 0.3) is 0 Å². The van der Waals surface area contributed by atoms with E-state index in [9.17, 15) is 4.79 Å². The van der Waals surface area contributed by atoms with E-state index in [-0.39, 0.29) is 6.42 Å². The number of carbonyl (C=O) groups is 1. The fraction of sp³-hybridized carbons (Fsp3) is 0.200. The molecule has 2 nitrogen and oxygen atoms in total. The van der Waals surface area contributed by atoms with Gasteiger partial charge >= 0.3 is 0 Å². The SMILES string of the molecule is Cc1nc(Cl)ccc1C#CCC=O. The summed E-state index contributed by atoms with van der Waals surface area (Å²) in [6.07, 6.45) is 1.02. The molecule has 0 bridgehead atoms. The first-order chi connectivity index (χ1) is 6.24. The van der Waals surface area contributed by atoms with E-state index in [4.69, 9.17) is 11.6 Å². The number of aryl methyl sites for hydroxylation is 1. The van der Waals surface area contributed by atoms with Gasteiger partial charge in [0.1, 0.15) is 11.4 Å². The fourth-order valence-corrected chi connectivity index (χ4v) is 1.04. The number of aldehydes is 1. The van der Waals surface area contributed by atoms with Crippen LogP contribution in [0.5, 0.6) is 0 Å². The average molecular weight is 194 g/mol. The highest BCUT2D eigenvalue weighted by Gasteiger charge is 1.95. The van der Waals surface area contributed by atoms with E-state index in [0.717, 1.165) is 17.5 Å². The third-order valence-electron chi connectivity index (χ3n) is 1.46. The van der Waals surface area contributed by atoms with Crippen molar-refractivity contribution < 1.29 is 4.79 Å². The Kier molecular flexibility index (Phi) is 3.48. The lowest BCUT2D eigenvalue weighted by atomic mass is 10.2. The Hall–Kier alpha value is -1.33. The van der Waals surface area contributed by atoms with E-state index < -0.39 is 0 Å². The molecule has 0 atom stereocenters. The third kappa shape index (κ3) is 2.89. The lowest BCUT2D eigenvalue weighted by molar-refractivity contribution is -0.107. The maximum Gasteiger partial charge on any atom is 0.131 e. The highest BCUT2D eigenvalue weighted by molar-refractivity contribution is 6.29. The van der Waals surface area contributed by atoms with Crippen LogP contribution in [0.3, 0.4) is 0 Å². The van der Waals surface area contributed by atoms with E-state index in [1.54, 1.807) is 12.1 Å². The van der Waals surface area contributed by atoms with E-state index in [0.29, 0.717) is 5.15 Å². The molecule has 1 aromatic rings. The molecule has 0 radical (unpaired) electrons. The highest BCUT2D eigenvalue weighted by atomic mass is 35.5. The second kappa shape index (κ2) is 4.64. The van der Waals surface area contributed by atoms with Gasteiger partial charge in [-0.15, -0.1) is 0 Å². The van der Waals surface area contributed by atoms with Crippen molar-refractivity contribution in [2.75, 3.05) is 0 Å². The molecule has 66 valence electrons. The van der Waals surface area contributed by atoms with Crippen LogP contribution in [0.2, 0.25) is 5.15 Å². The normalized spacial score (nSPS) is 8.77. The van der Waals surface area contributed by atoms with Crippen molar-refractivity contribution in [1.29, 1.82) is 0 Å². The van der Waals surface area contributed by atoms with Crippen molar-refractivity contribution >= 4 is 17.9 Å². The topological polar surface area (TPSA) is 30.0 Å². The van der Waals surface area contributed by atoms with Gasteiger partial charge in [-0.05, 0) is 19.1 Å². The molecule has 0 amide bonds. The summed E-state index contributed by atoms with van der Waals surface area (Å²) in [5.74, 6) is 5.55. The summed E-state index contributed by atoms with van der Waals surface area (Å²) in [4.78, 5) is 14.0. The average Bonchev–Trinajstić information content (AvgIpc) is 2.09. The largest absolute Gasteiger partial charge is 0.302 e. The number of hydrogen-bond acceptors (Lipinski definition) is 2. The summed E-state index contributed by atoms with van der Waals surface area (Å²) in [5.41, 5.74) is 1.59. The molecule has 3 heteroatoms. The Labute approximate surface area is 81.9 Å². The number of aromatic nitrogens is 1. The lowest BCUT2D eigenvalue weighted by Crippen LogP contribution is -1.87. The number of hydrogen-bond donors (Lipinski definition) is 0. The van der Waals surface area contributed by atoms with Crippen LogP contribution in [0.15, 0.2) is 12.1 Å². The Bertz CT molecular complexity index is 376. The molecule has 13 heavy (non-hydrogen) atoms. The molecule has 0 N–H and O–H groups in total. The Balaban J connectivity index is 2.91. The molecular formula is C10H8ClNO. The minimum atomic E-state index is 0.252. The van der Waals surface area contributed by atoms with E-state index in [1.165, 1.54) is 0 Å². The van der Waals surface area contributed by atoms with E-state index >= 15 is 0 Å². The van der Waals surface area contributed by atoms with E-state index in [2.05, 4.69) is 16.8 Å². The molecule has 0 spiro atoms. The summed E-state index contributed by atoms with van der Waals surface area (Å²) in [5, 5.41) is 0.457. The first-order valence-electron chi connectivity index (χ1n) is 3.79. The van der Waals surface area contributed by atoms with E-state index in [1.807, 2.05) is 6.92 Å². The first kappa shape index (κ1) is 9.76. The molecule has 0 aliphatic carbocycles. The van der Waals surface area contributed by atoms with Crippen molar-refractivity contribution in [1.82, 2.24) is 4.98 Å². The monoisotopic (exact) mass is 193 g/mol. The van der Waals surface area contributed by atoms with Gasteiger partial charge in [-0.1, -0.05) is 23.4 Å². The van der Waals surface area contributed by atoms with Crippen molar-refractivity contribution in [3.05, 3.63) is 28.5 Å². The van der Waals surface area contributed by atoms with Gasteiger partial charge in [0, 0.05) is 5.56 Å². The van der Waals surface area contributed by atoms with Crippen molar-refractivity contribution in [2.24, 2.45) is 0 Å². The number of pyridine rings is 1. The van der Waals surface area contributed by atoms with Gasteiger partial charge in [-0.2, -0.15) is 0 Å². The predicted octanol–water partition coefficient (Wildman–Crippen LogP) is 1.98. The molecule has 1 aromatic heterocycles. The van der Waals surface area contributed by atoms with Gasteiger partial charge in [-0.3, -0.25) is 0 Å². The third-order valence-corrected chi connectivity index (χ3v) is 1.67. The first-order valence-corrected chi connectivity index (χ1v) is 4.17. The molecule has 0 saturated heterocycles. The number of nitrogens with zero attached hydrogens (tertiary/aromatic N) is 1. The predicted molar refractivity (Wildman–Crippen MR) is 51.5 cm³/mol. The van der Waals surface area contributed by atoms with Gasteiger partial charge in [0.15, 0.2) is 0 Å². The van der Waals surface area contributed by atoms with Gasteiger partial charge in [-0.25, -0.2) is 4.98 Å². The summed E-state index contributed by atoms with van der Waals surface area (Å²) < 4.78 is 0. The van der Waals surface area contributed by atoms with Crippen LogP contribution in [-0.4, -0.2) is 11.3 Å². The Morgan fingerprint density at radius 1 is 1.62 bits per heavy atom. The number of rotatable bonds is 1. The van der Waals surface area contributed by atoms with Crippen LogP contribution in [0.25, 0.3) is 0 Å². The van der Waals surface area contributed by atoms with Gasteiger partial charge in [0.05, 0.1) is 12.1 Å². The zero-order valence-corrected chi connectivity index (χ0v) is 7.93. The molecule has 0 aliphatic rings. The zero-order chi connectivity index (χ0) is 9.68. The maximum absolute atomic E-state index is 9.99. The second-order valence-electron chi connectivity index (χ2n) is 2.44. The quantitative estimate of drug-likeness (QED) is 0.388. The summed E-state index contributed by atoms with van der Waals surface area (Å²) in [6.45, 7) is 1.83. The van der Waals surface area contributed by atoms with Crippen LogP contribution < -0.4 is 0 Å². The van der Waals surface area contributed by atoms with Crippen LogP contribution in [0.1, 0.15) is 17.7 Å². The molecule has 0 fully saturated rings. The Morgan fingerprint density at radius 2 is 2.38 bits per heavy atom. The van der Waals surface area contributed by atoms with Crippen LogP contribution in [-0.2, 0) is 4.79 Å². The molecule has 0 saturated carbocycles. The van der Waals surface area contributed by atoms with Crippen molar-refractivity contribution in [2.45, 2.75) is 13.3 Å². The lowest BCUT2D eigenvalue weighted by Gasteiger charge is -1.96. The van der Waals surface area contributed by atoms with Crippen LogP contribution in [0, 0.1) is 18.8 Å². The zero-order valence-electron chi connectivity index (χ0n) is 7.17. The van der Waals surface area contributed by atoms with Crippen molar-refractivity contribution in [3.63, 3.8) is 0 Å². The minimum Gasteiger partial charge on any atom is -0.302 e. The molecule has 0 unspecified atom stereocenters. The minimum absolute atomic E-state index is 0.252. The number of halogens is 1. The second-order valence-corrected chi connectivity index (χ2v) is 2.83. The fourth-order valence-electron chi connectivity index (χ4n) is 0.850. The van der Waals surface area contributed by atoms with Crippen LogP contribution >= 0.6 is 11.6 Å². The highest BCUT2D eigenvalue weighted by Crippen LogP contribution is 2.09. The molecular weight excluding hydrogens is 186 g/mol. The maximum atomic E-state index is 9.99. The molecule has 1 rings (SSSR count). The standard InChI is InChI=1S/C10H8ClNO/c1-8-9(4-2-3-7-13)5-6-10(11)12-8/h5-7H,3H2,1H3. The summed E-state index contributed by atoms with van der Waals surface area (Å²) in [6, 6.07) is 3.47. The Morgan fingerprint density at radius 3 is 3.00 bits per heavy atom. The van der Waals surface area contributed by atoms with Gasteiger partial charge in [0.2, 0.25) is 0 Å². The summed E-state index contributed by atoms with van der Waals surface area (Å²) >= 11 is 5.66. The van der Waals surface area contributed by atoms with Crippen molar-refractivity contribution in [3.8, 4) is 11.8 Å². The van der Waals surface area contributed by atoms with Gasteiger partial charge < -0.3 is 4.79 Å². The molecule has 0 aromatic carbocycles.